The van der Waals surface area contributed by atoms with Crippen LogP contribution in [0.5, 0.6) is 0 Å². The molecule has 168 valence electrons. The van der Waals surface area contributed by atoms with Crippen molar-refractivity contribution < 1.29 is 14.3 Å². The molecule has 0 radical (unpaired) electrons. The summed E-state index contributed by atoms with van der Waals surface area (Å²) in [7, 11) is 1.79. The van der Waals surface area contributed by atoms with Gasteiger partial charge in [0, 0.05) is 24.1 Å². The van der Waals surface area contributed by atoms with Gasteiger partial charge in [-0.15, -0.1) is 0 Å². The number of amides is 2. The molecular weight excluding hydrogens is 471 g/mol. The third-order valence-corrected chi connectivity index (χ3v) is 6.06. The molecule has 0 spiro atoms. The normalized spacial score (nSPS) is 15.8. The summed E-state index contributed by atoms with van der Waals surface area (Å²) in [5.74, 6) is -0.403. The van der Waals surface area contributed by atoms with Crippen molar-refractivity contribution in [3.63, 3.8) is 0 Å². The van der Waals surface area contributed by atoms with E-state index in [0.717, 1.165) is 11.3 Å². The first-order valence-corrected chi connectivity index (χ1v) is 10.9. The lowest BCUT2D eigenvalue weighted by molar-refractivity contribution is -0.139. The van der Waals surface area contributed by atoms with E-state index in [-0.39, 0.29) is 6.61 Å². The summed E-state index contributed by atoms with van der Waals surface area (Å²) in [6, 6.07) is 11.0. The zero-order chi connectivity index (χ0) is 23.4. The van der Waals surface area contributed by atoms with E-state index >= 15 is 0 Å². The zero-order valence-corrected chi connectivity index (χ0v) is 20.0. The quantitative estimate of drug-likeness (QED) is 0.386. The van der Waals surface area contributed by atoms with Crippen LogP contribution in [0.15, 0.2) is 53.7 Å². The number of nitrogens with one attached hydrogen (secondary N) is 3. The van der Waals surface area contributed by atoms with Crippen molar-refractivity contribution in [1.29, 1.82) is 0 Å². The number of ether oxygens (including phenoxy) is 1. The van der Waals surface area contributed by atoms with Gasteiger partial charge in [-0.05, 0) is 62.0 Å². The number of hydrogen-bond donors (Lipinski definition) is 3. The van der Waals surface area contributed by atoms with E-state index in [0.29, 0.717) is 32.1 Å². The van der Waals surface area contributed by atoms with Crippen LogP contribution >= 0.6 is 35.4 Å². The van der Waals surface area contributed by atoms with Gasteiger partial charge in [-0.1, -0.05) is 35.3 Å². The minimum Gasteiger partial charge on any atom is -0.463 e. The Balaban J connectivity index is 1.76. The zero-order valence-electron chi connectivity index (χ0n) is 17.7. The average molecular weight is 493 g/mol. The number of halogens is 2. The van der Waals surface area contributed by atoms with Gasteiger partial charge in [0.15, 0.2) is 5.11 Å². The Labute approximate surface area is 201 Å². The fourth-order valence-corrected chi connectivity index (χ4v) is 3.74. The molecule has 0 saturated heterocycles. The number of hydrogen-bond acceptors (Lipinski definition) is 4. The lowest BCUT2D eigenvalue weighted by atomic mass is 9.95. The lowest BCUT2D eigenvalue weighted by Gasteiger charge is -2.35. The first kappa shape index (κ1) is 23.8. The standard InChI is InChI=1S/C22H22Cl2N4O3S/c1-4-31-20(29)18-12(2)28(3)22(32)27-19(18)13-5-7-14(8-6-13)25-21(30)26-15-9-10-16(23)17(24)11-15/h5-11,19H,4H2,1-3H3,(H,27,32)(H2,25,26,30). The number of urea groups is 1. The molecule has 1 heterocycles. The highest BCUT2D eigenvalue weighted by Crippen LogP contribution is 2.31. The van der Waals surface area contributed by atoms with Crippen LogP contribution in [0.2, 0.25) is 10.0 Å². The lowest BCUT2D eigenvalue weighted by Crippen LogP contribution is -2.46. The van der Waals surface area contributed by atoms with Gasteiger partial charge in [-0.25, -0.2) is 9.59 Å². The van der Waals surface area contributed by atoms with Crippen LogP contribution in [-0.2, 0) is 9.53 Å². The Morgan fingerprint density at radius 2 is 1.72 bits per heavy atom. The Bertz CT molecular complexity index is 1090. The highest BCUT2D eigenvalue weighted by atomic mass is 35.5. The molecule has 10 heteroatoms. The molecule has 1 unspecified atom stereocenters. The van der Waals surface area contributed by atoms with Crippen molar-refractivity contribution in [2.75, 3.05) is 24.3 Å². The third kappa shape index (κ3) is 5.32. The number of rotatable bonds is 5. The molecule has 7 nitrogen and oxygen atoms in total. The molecule has 0 bridgehead atoms. The summed E-state index contributed by atoms with van der Waals surface area (Å²) in [5, 5.41) is 9.88. The van der Waals surface area contributed by atoms with E-state index in [1.165, 1.54) is 0 Å². The minimum atomic E-state index is -0.461. The Morgan fingerprint density at radius 3 is 2.34 bits per heavy atom. The van der Waals surface area contributed by atoms with Crippen LogP contribution in [0.25, 0.3) is 0 Å². The van der Waals surface area contributed by atoms with Gasteiger partial charge >= 0.3 is 12.0 Å². The van der Waals surface area contributed by atoms with Gasteiger partial charge in [0.2, 0.25) is 0 Å². The molecule has 0 fully saturated rings. The summed E-state index contributed by atoms with van der Waals surface area (Å²) in [5.41, 5.74) is 3.09. The van der Waals surface area contributed by atoms with Crippen LogP contribution in [0.1, 0.15) is 25.5 Å². The van der Waals surface area contributed by atoms with Crippen LogP contribution in [0, 0.1) is 0 Å². The minimum absolute atomic E-state index is 0.271. The molecule has 3 rings (SSSR count). The van der Waals surface area contributed by atoms with Gasteiger partial charge in [-0.2, -0.15) is 0 Å². The first-order valence-electron chi connectivity index (χ1n) is 9.76. The summed E-state index contributed by atoms with van der Waals surface area (Å²) >= 11 is 17.3. The summed E-state index contributed by atoms with van der Waals surface area (Å²) in [4.78, 5) is 26.6. The molecule has 1 aliphatic rings. The number of carbonyl (C=O) groups is 2. The van der Waals surface area contributed by atoms with Crippen LogP contribution in [-0.4, -0.2) is 35.7 Å². The molecule has 1 atom stereocenters. The molecular formula is C22H22Cl2N4O3S. The maximum Gasteiger partial charge on any atom is 0.338 e. The average Bonchev–Trinajstić information content (AvgIpc) is 2.75. The van der Waals surface area contributed by atoms with Crippen LogP contribution < -0.4 is 16.0 Å². The molecule has 2 amide bonds. The van der Waals surface area contributed by atoms with Crippen LogP contribution in [0.3, 0.4) is 0 Å². The molecule has 1 aliphatic heterocycles. The number of thiocarbonyl (C=S) groups is 1. The molecule has 2 aromatic carbocycles. The Hall–Kier alpha value is -2.81. The summed E-state index contributed by atoms with van der Waals surface area (Å²) < 4.78 is 5.25. The maximum absolute atomic E-state index is 12.6. The van der Waals surface area contributed by atoms with Crippen molar-refractivity contribution >= 4 is 63.9 Å². The van der Waals surface area contributed by atoms with Gasteiger partial charge < -0.3 is 25.6 Å². The van der Waals surface area contributed by atoms with E-state index in [1.54, 1.807) is 49.2 Å². The summed E-state index contributed by atoms with van der Waals surface area (Å²) in [6.07, 6.45) is 0. The second-order valence-corrected chi connectivity index (χ2v) is 8.19. The molecule has 0 aromatic heterocycles. The van der Waals surface area contributed by atoms with E-state index in [9.17, 15) is 9.59 Å². The third-order valence-electron chi connectivity index (χ3n) is 4.93. The molecule has 32 heavy (non-hydrogen) atoms. The number of benzene rings is 2. The van der Waals surface area contributed by atoms with E-state index in [1.807, 2.05) is 19.1 Å². The van der Waals surface area contributed by atoms with Gasteiger partial charge in [0.1, 0.15) is 0 Å². The van der Waals surface area contributed by atoms with Crippen molar-refractivity contribution in [3.8, 4) is 0 Å². The fraction of sp³-hybridized carbons (Fsp3) is 0.227. The van der Waals surface area contributed by atoms with Gasteiger partial charge in [0.05, 0.1) is 28.3 Å². The fourth-order valence-electron chi connectivity index (χ4n) is 3.18. The largest absolute Gasteiger partial charge is 0.463 e. The number of carbonyl (C=O) groups excluding carboxylic acids is 2. The molecule has 3 N–H and O–H groups in total. The Morgan fingerprint density at radius 1 is 1.09 bits per heavy atom. The number of nitrogens with zero attached hydrogens (tertiary/aromatic N) is 1. The van der Waals surface area contributed by atoms with E-state index in [4.69, 9.17) is 40.2 Å². The second-order valence-electron chi connectivity index (χ2n) is 6.99. The predicted molar refractivity (Wildman–Crippen MR) is 131 cm³/mol. The number of anilines is 2. The molecule has 0 saturated carbocycles. The molecule has 0 aliphatic carbocycles. The first-order chi connectivity index (χ1) is 15.2. The highest BCUT2D eigenvalue weighted by Gasteiger charge is 2.33. The van der Waals surface area contributed by atoms with Crippen molar-refractivity contribution in [2.24, 2.45) is 0 Å². The monoisotopic (exact) mass is 492 g/mol. The topological polar surface area (TPSA) is 82.7 Å². The molecule has 2 aromatic rings. The maximum atomic E-state index is 12.6. The summed E-state index contributed by atoms with van der Waals surface area (Å²) in [6.45, 7) is 3.86. The Kier molecular flexibility index (Phi) is 7.60. The van der Waals surface area contributed by atoms with Crippen LogP contribution in [0.4, 0.5) is 16.2 Å². The number of esters is 1. The van der Waals surface area contributed by atoms with E-state index < -0.39 is 18.0 Å². The van der Waals surface area contributed by atoms with Gasteiger partial charge in [0.25, 0.3) is 0 Å². The van der Waals surface area contributed by atoms with E-state index in [2.05, 4.69) is 16.0 Å². The predicted octanol–water partition coefficient (Wildman–Crippen LogP) is 5.34. The van der Waals surface area contributed by atoms with Gasteiger partial charge in [-0.3, -0.25) is 0 Å². The SMILES string of the molecule is CCOC(=O)C1=C(C)N(C)C(=S)NC1c1ccc(NC(=O)Nc2ccc(Cl)c(Cl)c2)cc1. The van der Waals surface area contributed by atoms with Crippen molar-refractivity contribution in [3.05, 3.63) is 69.3 Å². The highest BCUT2D eigenvalue weighted by molar-refractivity contribution is 7.80. The second kappa shape index (κ2) is 10.2. The number of allylic oxidation sites excluding steroid dienone is 1. The van der Waals surface area contributed by atoms with Crippen molar-refractivity contribution in [1.82, 2.24) is 10.2 Å². The smallest absolute Gasteiger partial charge is 0.338 e. The van der Waals surface area contributed by atoms with Crippen molar-refractivity contribution in [2.45, 2.75) is 19.9 Å².